The number of carbonyl (C=O) groups excluding carboxylic acids is 1. The van der Waals surface area contributed by atoms with E-state index < -0.39 is 12.0 Å². The van der Waals surface area contributed by atoms with Gasteiger partial charge in [-0.3, -0.25) is 4.79 Å². The maximum Gasteiger partial charge on any atom is 0.326 e. The molecule has 1 aromatic heterocycles. The van der Waals surface area contributed by atoms with E-state index in [9.17, 15) is 9.59 Å². The Balaban J connectivity index is 2.04. The highest BCUT2D eigenvalue weighted by molar-refractivity contribution is 7.09. The van der Waals surface area contributed by atoms with Gasteiger partial charge in [-0.25, -0.2) is 9.78 Å². The normalized spacial score (nSPS) is 19.8. The zero-order valence-electron chi connectivity index (χ0n) is 10.3. The number of carboxylic acids is 1. The molecular weight excluding hydrogens is 252 g/mol. The molecule has 1 aliphatic heterocycles. The molecule has 0 aromatic carbocycles. The Morgan fingerprint density at radius 1 is 1.56 bits per heavy atom. The van der Waals surface area contributed by atoms with E-state index in [-0.39, 0.29) is 12.3 Å². The number of piperidine rings is 1. The van der Waals surface area contributed by atoms with E-state index >= 15 is 0 Å². The fraction of sp³-hybridized carbons (Fsp3) is 0.583. The first-order valence-electron chi connectivity index (χ1n) is 6.01. The number of rotatable bonds is 3. The minimum absolute atomic E-state index is 0.132. The van der Waals surface area contributed by atoms with Crippen LogP contribution in [0.4, 0.5) is 0 Å². The second kappa shape index (κ2) is 5.48. The first-order chi connectivity index (χ1) is 8.58. The molecule has 0 saturated carbocycles. The molecule has 1 amide bonds. The van der Waals surface area contributed by atoms with Gasteiger partial charge in [0.1, 0.15) is 6.04 Å². The molecular formula is C12H16N2O3S. The molecule has 1 aromatic rings. The molecule has 0 bridgehead atoms. The number of aliphatic carboxylic acids is 1. The zero-order valence-corrected chi connectivity index (χ0v) is 11.1. The highest BCUT2D eigenvalue weighted by Crippen LogP contribution is 2.19. The Labute approximate surface area is 109 Å². The molecule has 5 nitrogen and oxygen atoms in total. The van der Waals surface area contributed by atoms with Gasteiger partial charge in [-0.2, -0.15) is 0 Å². The molecule has 1 atom stereocenters. The summed E-state index contributed by atoms with van der Waals surface area (Å²) in [5.74, 6) is -1.04. The van der Waals surface area contributed by atoms with Crippen molar-refractivity contribution in [3.05, 3.63) is 16.1 Å². The lowest BCUT2D eigenvalue weighted by Crippen LogP contribution is -2.48. The number of hydrogen-bond acceptors (Lipinski definition) is 4. The summed E-state index contributed by atoms with van der Waals surface area (Å²) >= 11 is 1.50. The van der Waals surface area contributed by atoms with Crippen LogP contribution >= 0.6 is 11.3 Å². The van der Waals surface area contributed by atoms with Crippen LogP contribution in [-0.2, 0) is 16.0 Å². The minimum Gasteiger partial charge on any atom is -0.480 e. The Morgan fingerprint density at radius 2 is 2.33 bits per heavy atom. The Bertz CT molecular complexity index is 458. The third-order valence-corrected chi connectivity index (χ3v) is 3.93. The van der Waals surface area contributed by atoms with Gasteiger partial charge in [-0.15, -0.1) is 11.3 Å². The van der Waals surface area contributed by atoms with Gasteiger partial charge in [0, 0.05) is 11.9 Å². The summed E-state index contributed by atoms with van der Waals surface area (Å²) in [7, 11) is 0. The van der Waals surface area contributed by atoms with Crippen molar-refractivity contribution in [2.45, 2.75) is 38.6 Å². The number of aromatic nitrogens is 1. The van der Waals surface area contributed by atoms with Gasteiger partial charge >= 0.3 is 5.97 Å². The van der Waals surface area contributed by atoms with E-state index in [2.05, 4.69) is 4.98 Å². The van der Waals surface area contributed by atoms with Crippen molar-refractivity contribution in [1.82, 2.24) is 9.88 Å². The van der Waals surface area contributed by atoms with E-state index in [1.54, 1.807) is 0 Å². The smallest absolute Gasteiger partial charge is 0.326 e. The highest BCUT2D eigenvalue weighted by atomic mass is 32.1. The Kier molecular flexibility index (Phi) is 3.96. The first-order valence-corrected chi connectivity index (χ1v) is 6.89. The topological polar surface area (TPSA) is 70.5 Å². The lowest BCUT2D eigenvalue weighted by atomic mass is 10.0. The second-order valence-corrected chi connectivity index (χ2v) is 5.53. The summed E-state index contributed by atoms with van der Waals surface area (Å²) in [5.41, 5.74) is 0.734. The summed E-state index contributed by atoms with van der Waals surface area (Å²) < 4.78 is 0. The van der Waals surface area contributed by atoms with Crippen LogP contribution in [0.5, 0.6) is 0 Å². The van der Waals surface area contributed by atoms with Gasteiger partial charge in [-0.05, 0) is 26.2 Å². The standard InChI is InChI=1S/C12H16N2O3S/c1-8-13-9(7-18-8)6-11(15)14-5-3-2-4-10(14)12(16)17/h7,10H,2-6H2,1H3,(H,16,17). The van der Waals surface area contributed by atoms with E-state index in [0.717, 1.165) is 23.5 Å². The van der Waals surface area contributed by atoms with E-state index in [1.807, 2.05) is 12.3 Å². The number of likely N-dealkylation sites (tertiary alicyclic amines) is 1. The van der Waals surface area contributed by atoms with Crippen LogP contribution in [0, 0.1) is 6.92 Å². The van der Waals surface area contributed by atoms with Crippen molar-refractivity contribution < 1.29 is 14.7 Å². The molecule has 1 saturated heterocycles. The Morgan fingerprint density at radius 3 is 2.94 bits per heavy atom. The van der Waals surface area contributed by atoms with Crippen LogP contribution in [0.1, 0.15) is 30.0 Å². The van der Waals surface area contributed by atoms with Crippen molar-refractivity contribution in [2.75, 3.05) is 6.54 Å². The number of thiazole rings is 1. The molecule has 0 spiro atoms. The summed E-state index contributed by atoms with van der Waals surface area (Å²) in [6.45, 7) is 2.43. The summed E-state index contributed by atoms with van der Waals surface area (Å²) in [6.07, 6.45) is 2.51. The molecule has 0 aliphatic carbocycles. The number of carboxylic acid groups (broad SMARTS) is 1. The van der Waals surface area contributed by atoms with Crippen LogP contribution in [0.3, 0.4) is 0 Å². The fourth-order valence-corrected chi connectivity index (χ4v) is 2.85. The second-order valence-electron chi connectivity index (χ2n) is 4.47. The highest BCUT2D eigenvalue weighted by Gasteiger charge is 2.31. The zero-order chi connectivity index (χ0) is 13.1. The molecule has 18 heavy (non-hydrogen) atoms. The van der Waals surface area contributed by atoms with Crippen LogP contribution in [0.15, 0.2) is 5.38 Å². The maximum atomic E-state index is 12.1. The van der Waals surface area contributed by atoms with E-state index in [0.29, 0.717) is 13.0 Å². The van der Waals surface area contributed by atoms with Crippen molar-refractivity contribution >= 4 is 23.2 Å². The fourth-order valence-electron chi connectivity index (χ4n) is 2.23. The van der Waals surface area contributed by atoms with Crippen molar-refractivity contribution in [1.29, 1.82) is 0 Å². The number of nitrogens with zero attached hydrogens (tertiary/aromatic N) is 2. The van der Waals surface area contributed by atoms with Crippen LogP contribution in [-0.4, -0.2) is 39.5 Å². The molecule has 1 aliphatic rings. The van der Waals surface area contributed by atoms with Crippen molar-refractivity contribution in [3.63, 3.8) is 0 Å². The van der Waals surface area contributed by atoms with Crippen LogP contribution in [0.25, 0.3) is 0 Å². The van der Waals surface area contributed by atoms with Gasteiger partial charge in [-0.1, -0.05) is 0 Å². The lowest BCUT2D eigenvalue weighted by Gasteiger charge is -2.32. The lowest BCUT2D eigenvalue weighted by molar-refractivity contribution is -0.151. The maximum absolute atomic E-state index is 12.1. The third-order valence-electron chi connectivity index (χ3n) is 3.11. The number of hydrogen-bond donors (Lipinski definition) is 1. The predicted octanol–water partition coefficient (Wildman–Crippen LogP) is 1.46. The van der Waals surface area contributed by atoms with Gasteiger partial charge in [0.05, 0.1) is 17.1 Å². The molecule has 1 unspecified atom stereocenters. The molecule has 6 heteroatoms. The first kappa shape index (κ1) is 13.0. The molecule has 98 valence electrons. The van der Waals surface area contributed by atoms with E-state index in [1.165, 1.54) is 16.2 Å². The Hall–Kier alpha value is -1.43. The molecule has 2 heterocycles. The summed E-state index contributed by atoms with van der Waals surface area (Å²) in [5, 5.41) is 11.9. The predicted molar refractivity (Wildman–Crippen MR) is 67.5 cm³/mol. The van der Waals surface area contributed by atoms with Crippen molar-refractivity contribution in [2.24, 2.45) is 0 Å². The SMILES string of the molecule is Cc1nc(CC(=O)N2CCCCC2C(=O)O)cs1. The summed E-state index contributed by atoms with van der Waals surface area (Å²) in [6, 6.07) is -0.661. The van der Waals surface area contributed by atoms with Crippen LogP contribution in [0.2, 0.25) is 0 Å². The largest absolute Gasteiger partial charge is 0.480 e. The minimum atomic E-state index is -0.905. The quantitative estimate of drug-likeness (QED) is 0.901. The van der Waals surface area contributed by atoms with Gasteiger partial charge < -0.3 is 10.0 Å². The van der Waals surface area contributed by atoms with Crippen molar-refractivity contribution in [3.8, 4) is 0 Å². The van der Waals surface area contributed by atoms with Crippen LogP contribution < -0.4 is 0 Å². The number of aryl methyl sites for hydroxylation is 1. The summed E-state index contributed by atoms with van der Waals surface area (Å²) in [4.78, 5) is 29.0. The molecule has 1 N–H and O–H groups in total. The average Bonchev–Trinajstić information content (AvgIpc) is 2.74. The molecule has 2 rings (SSSR count). The average molecular weight is 268 g/mol. The molecule has 0 radical (unpaired) electrons. The monoisotopic (exact) mass is 268 g/mol. The number of amides is 1. The third kappa shape index (κ3) is 2.87. The molecule has 1 fully saturated rings. The van der Waals surface area contributed by atoms with Gasteiger partial charge in [0.25, 0.3) is 0 Å². The number of carbonyl (C=O) groups is 2. The van der Waals surface area contributed by atoms with Gasteiger partial charge in [0.2, 0.25) is 5.91 Å². The van der Waals surface area contributed by atoms with Gasteiger partial charge in [0.15, 0.2) is 0 Å². The van der Waals surface area contributed by atoms with E-state index in [4.69, 9.17) is 5.11 Å².